The molecule has 0 aromatic carbocycles. The Bertz CT molecular complexity index is 1410. The van der Waals surface area contributed by atoms with E-state index in [4.69, 9.17) is 5.41 Å². The molecule has 5 rings (SSSR count). The number of nitrogens with one attached hydrogen (secondary N) is 4. The number of rotatable bonds is 8. The molecule has 0 bridgehead atoms. The molecule has 2 atom stereocenters. The van der Waals surface area contributed by atoms with Crippen LogP contribution in [0.2, 0.25) is 0 Å². The number of amides is 2. The van der Waals surface area contributed by atoms with E-state index in [1.54, 1.807) is 18.5 Å². The number of aryl methyl sites for hydroxylation is 2. The van der Waals surface area contributed by atoms with Gasteiger partial charge >= 0.3 is 0 Å². The van der Waals surface area contributed by atoms with Gasteiger partial charge in [-0.15, -0.1) is 0 Å². The number of allylic oxidation sites excluding steroid dienone is 3. The number of dihydropyridines is 1. The molecular formula is C30H35N7O2. The van der Waals surface area contributed by atoms with Crippen LogP contribution in [0.15, 0.2) is 60.2 Å². The fourth-order valence-corrected chi connectivity index (χ4v) is 5.18. The number of hydrogen-bond acceptors (Lipinski definition) is 7. The zero-order chi connectivity index (χ0) is 27.5. The van der Waals surface area contributed by atoms with E-state index in [0.717, 1.165) is 42.6 Å². The molecule has 0 spiro atoms. The molecule has 1 saturated heterocycles. The number of carbonyl (C=O) groups excluding carboxylic acids is 2. The quantitative estimate of drug-likeness (QED) is 0.383. The molecule has 1 aliphatic carbocycles. The summed E-state index contributed by atoms with van der Waals surface area (Å²) in [5.41, 5.74) is 6.46. The number of carbonyl (C=O) groups is 2. The summed E-state index contributed by atoms with van der Waals surface area (Å²) >= 11 is 0. The van der Waals surface area contributed by atoms with Gasteiger partial charge < -0.3 is 21.4 Å². The second-order valence-electron chi connectivity index (χ2n) is 10.4. The lowest BCUT2D eigenvalue weighted by Crippen LogP contribution is -2.35. The van der Waals surface area contributed by atoms with Crippen LogP contribution in [0.1, 0.15) is 50.1 Å². The van der Waals surface area contributed by atoms with Gasteiger partial charge in [0.2, 0.25) is 5.91 Å². The maximum atomic E-state index is 13.6. The Hall–Kier alpha value is -4.11. The van der Waals surface area contributed by atoms with Crippen LogP contribution in [0.4, 0.5) is 11.4 Å². The van der Waals surface area contributed by atoms with Gasteiger partial charge in [-0.25, -0.2) is 0 Å². The van der Waals surface area contributed by atoms with Crippen LogP contribution in [-0.4, -0.2) is 51.5 Å². The fraction of sp³-hybridized carbons (Fsp3) is 0.367. The number of pyridine rings is 2. The van der Waals surface area contributed by atoms with Crippen molar-refractivity contribution >= 4 is 34.5 Å². The average molecular weight is 526 g/mol. The van der Waals surface area contributed by atoms with Crippen molar-refractivity contribution in [2.45, 2.75) is 52.5 Å². The summed E-state index contributed by atoms with van der Waals surface area (Å²) < 4.78 is 0. The first-order chi connectivity index (χ1) is 18.8. The first-order valence-electron chi connectivity index (χ1n) is 13.6. The monoisotopic (exact) mass is 525 g/mol. The molecule has 4 heterocycles. The van der Waals surface area contributed by atoms with Crippen molar-refractivity contribution in [3.05, 3.63) is 77.2 Å². The van der Waals surface area contributed by atoms with Crippen molar-refractivity contribution < 1.29 is 9.59 Å². The summed E-state index contributed by atoms with van der Waals surface area (Å²) in [7, 11) is 0. The van der Waals surface area contributed by atoms with Crippen LogP contribution in [0.3, 0.4) is 0 Å². The molecule has 1 unspecified atom stereocenters. The van der Waals surface area contributed by atoms with E-state index in [1.165, 1.54) is 0 Å². The third-order valence-electron chi connectivity index (χ3n) is 7.57. The topological polar surface area (TPSA) is 123 Å². The van der Waals surface area contributed by atoms with Gasteiger partial charge in [-0.1, -0.05) is 19.1 Å². The maximum absolute atomic E-state index is 13.6. The molecular weight excluding hydrogens is 490 g/mol. The van der Waals surface area contributed by atoms with Crippen LogP contribution in [0.5, 0.6) is 0 Å². The fourth-order valence-electron chi connectivity index (χ4n) is 5.18. The van der Waals surface area contributed by atoms with E-state index in [-0.39, 0.29) is 17.7 Å². The van der Waals surface area contributed by atoms with E-state index >= 15 is 0 Å². The highest BCUT2D eigenvalue weighted by atomic mass is 16.2. The predicted octanol–water partition coefficient (Wildman–Crippen LogP) is 4.20. The zero-order valence-electron chi connectivity index (χ0n) is 22.7. The highest BCUT2D eigenvalue weighted by Crippen LogP contribution is 2.36. The average Bonchev–Trinajstić information content (AvgIpc) is 3.51. The Labute approximate surface area is 229 Å². The van der Waals surface area contributed by atoms with Gasteiger partial charge in [0.05, 0.1) is 29.8 Å². The van der Waals surface area contributed by atoms with Crippen LogP contribution < -0.4 is 16.0 Å². The third kappa shape index (κ3) is 5.98. The summed E-state index contributed by atoms with van der Waals surface area (Å²) in [5, 5.41) is 17.3. The lowest BCUT2D eigenvalue weighted by atomic mass is 9.99. The van der Waals surface area contributed by atoms with Crippen LogP contribution in [0.25, 0.3) is 5.57 Å². The van der Waals surface area contributed by atoms with Crippen LogP contribution in [-0.2, 0) is 16.0 Å². The molecule has 9 nitrogen and oxygen atoms in total. The van der Waals surface area contributed by atoms with E-state index in [0.29, 0.717) is 53.1 Å². The summed E-state index contributed by atoms with van der Waals surface area (Å²) in [6, 6.07) is 6.10. The largest absolute Gasteiger partial charge is 0.361 e. The van der Waals surface area contributed by atoms with Crippen LogP contribution >= 0.6 is 0 Å². The molecule has 4 N–H and O–H groups in total. The number of likely N-dealkylation sites (tertiary alicyclic amines) is 1. The molecule has 2 aliphatic heterocycles. The van der Waals surface area contributed by atoms with Crippen molar-refractivity contribution in [1.29, 1.82) is 5.41 Å². The Kier molecular flexibility index (Phi) is 7.70. The van der Waals surface area contributed by atoms with E-state index in [1.807, 2.05) is 37.4 Å². The normalized spacial score (nSPS) is 21.7. The van der Waals surface area contributed by atoms with Gasteiger partial charge in [0, 0.05) is 52.6 Å². The molecule has 202 valence electrons. The molecule has 2 fully saturated rings. The van der Waals surface area contributed by atoms with Gasteiger partial charge in [0.15, 0.2) is 0 Å². The first kappa shape index (κ1) is 26.5. The van der Waals surface area contributed by atoms with E-state index < -0.39 is 0 Å². The second kappa shape index (κ2) is 11.3. The highest BCUT2D eigenvalue weighted by Gasteiger charge is 2.39. The van der Waals surface area contributed by atoms with Crippen molar-refractivity contribution in [3.8, 4) is 0 Å². The zero-order valence-corrected chi connectivity index (χ0v) is 22.7. The summed E-state index contributed by atoms with van der Waals surface area (Å²) in [6.45, 7) is 7.29. The molecule has 39 heavy (non-hydrogen) atoms. The number of nitrogens with zero attached hydrogens (tertiary/aromatic N) is 3. The van der Waals surface area contributed by atoms with Crippen molar-refractivity contribution in [3.63, 3.8) is 0 Å². The maximum Gasteiger partial charge on any atom is 0.254 e. The van der Waals surface area contributed by atoms with Gasteiger partial charge in [-0.3, -0.25) is 24.5 Å². The SMILES string of the molecule is CCc1ncccc1C1=CN/C(=C(/C(=O)Nc2cc(NC(=O)CN3CCC[C@@H]3C)cnc2C)C2CC2=N)C=C1. The predicted molar refractivity (Wildman–Crippen MR) is 153 cm³/mol. The summed E-state index contributed by atoms with van der Waals surface area (Å²) in [6.07, 6.45) is 12.7. The molecule has 3 aliphatic rings. The summed E-state index contributed by atoms with van der Waals surface area (Å²) in [4.78, 5) is 37.2. The Balaban J connectivity index is 1.32. The Morgan fingerprint density at radius 3 is 2.72 bits per heavy atom. The van der Waals surface area contributed by atoms with Crippen molar-refractivity contribution in [2.24, 2.45) is 5.92 Å². The lowest BCUT2D eigenvalue weighted by molar-refractivity contribution is -0.117. The standard InChI is InChI=1S/C30H35N7O2/c1-4-25-22(8-5-11-32-25)20-9-10-26(34-15-20)29(23-14-24(23)31)30(39)36-27-13-21(16-33-19(27)3)35-28(38)17-37-12-6-7-18(37)2/h5,8-11,13,15-16,18,23,31,34H,4,6-7,12,14,17H2,1-3H3,(H,35,38)(H,36,39)/b29-26+,31-24?/t18-,23?/m0/s1. The number of anilines is 2. The minimum absolute atomic E-state index is 0.0973. The number of hydrogen-bond donors (Lipinski definition) is 4. The summed E-state index contributed by atoms with van der Waals surface area (Å²) in [5.74, 6) is -0.615. The van der Waals surface area contributed by atoms with Gasteiger partial charge in [0.25, 0.3) is 5.91 Å². The smallest absolute Gasteiger partial charge is 0.254 e. The lowest BCUT2D eigenvalue weighted by Gasteiger charge is -2.20. The second-order valence-corrected chi connectivity index (χ2v) is 10.4. The number of aromatic nitrogens is 2. The Morgan fingerprint density at radius 2 is 2.05 bits per heavy atom. The van der Waals surface area contributed by atoms with Crippen molar-refractivity contribution in [1.82, 2.24) is 20.2 Å². The molecule has 9 heteroatoms. The van der Waals surface area contributed by atoms with Gasteiger partial charge in [0.1, 0.15) is 0 Å². The van der Waals surface area contributed by atoms with E-state index in [2.05, 4.69) is 44.7 Å². The highest BCUT2D eigenvalue weighted by molar-refractivity contribution is 6.15. The first-order valence-corrected chi connectivity index (χ1v) is 13.6. The molecule has 2 amide bonds. The molecule has 0 radical (unpaired) electrons. The van der Waals surface area contributed by atoms with Crippen LogP contribution in [0, 0.1) is 18.3 Å². The molecule has 2 aromatic heterocycles. The molecule has 1 saturated carbocycles. The molecule has 2 aromatic rings. The Morgan fingerprint density at radius 1 is 1.23 bits per heavy atom. The van der Waals surface area contributed by atoms with Gasteiger partial charge in [-0.05, 0) is 69.9 Å². The van der Waals surface area contributed by atoms with Crippen molar-refractivity contribution in [2.75, 3.05) is 23.7 Å². The third-order valence-corrected chi connectivity index (χ3v) is 7.57. The van der Waals surface area contributed by atoms with E-state index in [9.17, 15) is 9.59 Å². The minimum atomic E-state index is -0.291. The van der Waals surface area contributed by atoms with Gasteiger partial charge in [-0.2, -0.15) is 0 Å². The minimum Gasteiger partial charge on any atom is -0.361 e.